The van der Waals surface area contributed by atoms with Gasteiger partial charge in [-0.15, -0.1) is 0 Å². The minimum atomic E-state index is -0.910. The number of benzene rings is 1. The zero-order valence-electron chi connectivity index (χ0n) is 9.42. The maximum absolute atomic E-state index is 9.90. The predicted octanol–water partition coefficient (Wildman–Crippen LogP) is 1.89. The summed E-state index contributed by atoms with van der Waals surface area (Å²) in [7, 11) is 0. The van der Waals surface area contributed by atoms with Crippen molar-refractivity contribution in [2.45, 2.75) is 24.5 Å². The van der Waals surface area contributed by atoms with E-state index in [2.05, 4.69) is 5.32 Å². The molecule has 0 bridgehead atoms. The number of halogens is 2. The monoisotopic (exact) mass is 274 g/mol. The summed E-state index contributed by atoms with van der Waals surface area (Å²) in [5.41, 5.74) is 6.23. The molecule has 4 N–H and O–H groups in total. The third-order valence-corrected chi connectivity index (χ3v) is 4.22. The second kappa shape index (κ2) is 5.12. The predicted molar refractivity (Wildman–Crippen MR) is 70.4 cm³/mol. The van der Waals surface area contributed by atoms with Crippen LogP contribution in [-0.4, -0.2) is 24.4 Å². The Bertz CT molecular complexity index is 403. The van der Waals surface area contributed by atoms with Crippen LogP contribution in [0.4, 0.5) is 0 Å². The molecule has 1 heterocycles. The molecule has 1 aromatic carbocycles. The highest BCUT2D eigenvalue weighted by molar-refractivity contribution is 6.42. The number of aliphatic hydroxyl groups is 1. The van der Waals surface area contributed by atoms with Gasteiger partial charge >= 0.3 is 0 Å². The van der Waals surface area contributed by atoms with Crippen LogP contribution in [0.25, 0.3) is 0 Å². The van der Waals surface area contributed by atoms with E-state index in [0.29, 0.717) is 16.6 Å². The van der Waals surface area contributed by atoms with Crippen LogP contribution in [0, 0.1) is 0 Å². The molecule has 1 aromatic rings. The van der Waals surface area contributed by atoms with Gasteiger partial charge in [0.15, 0.2) is 0 Å². The van der Waals surface area contributed by atoms with Gasteiger partial charge in [-0.2, -0.15) is 0 Å². The number of piperidine rings is 1. The molecule has 2 rings (SSSR count). The Hall–Kier alpha value is -0.320. The van der Waals surface area contributed by atoms with Crippen molar-refractivity contribution in [1.82, 2.24) is 5.32 Å². The summed E-state index contributed by atoms with van der Waals surface area (Å²) in [6.45, 7) is 1.61. The van der Waals surface area contributed by atoms with Gasteiger partial charge in [-0.1, -0.05) is 29.3 Å². The van der Waals surface area contributed by atoms with Gasteiger partial charge in [0.1, 0.15) is 6.23 Å². The maximum atomic E-state index is 9.90. The zero-order chi connectivity index (χ0) is 12.5. The topological polar surface area (TPSA) is 58.3 Å². The van der Waals surface area contributed by atoms with E-state index < -0.39 is 11.6 Å². The van der Waals surface area contributed by atoms with Gasteiger partial charge in [0.25, 0.3) is 0 Å². The normalized spacial score (nSPS) is 26.8. The molecule has 0 aromatic heterocycles. The van der Waals surface area contributed by atoms with Crippen molar-refractivity contribution in [2.24, 2.45) is 5.73 Å². The summed E-state index contributed by atoms with van der Waals surface area (Å²) in [5.74, 6) is 0. The van der Waals surface area contributed by atoms with Crippen molar-refractivity contribution in [2.75, 3.05) is 13.1 Å². The Morgan fingerprint density at radius 3 is 2.65 bits per heavy atom. The lowest BCUT2D eigenvalue weighted by Gasteiger charge is -2.40. The lowest BCUT2D eigenvalue weighted by atomic mass is 9.73. The molecule has 2 atom stereocenters. The Labute approximate surface area is 111 Å². The molecule has 1 fully saturated rings. The SMILES string of the molecule is NC(O)[C@]1(c2ccc(Cl)c(Cl)c2)CCCNC1. The number of aliphatic hydroxyl groups excluding tert-OH is 1. The molecule has 0 aliphatic carbocycles. The van der Waals surface area contributed by atoms with Gasteiger partial charge in [-0.05, 0) is 37.1 Å². The summed E-state index contributed by atoms with van der Waals surface area (Å²) >= 11 is 11.9. The summed E-state index contributed by atoms with van der Waals surface area (Å²) in [5, 5.41) is 14.2. The van der Waals surface area contributed by atoms with Crippen molar-refractivity contribution in [3.8, 4) is 0 Å². The van der Waals surface area contributed by atoms with Gasteiger partial charge in [0, 0.05) is 12.0 Å². The summed E-state index contributed by atoms with van der Waals surface area (Å²) in [6.07, 6.45) is 0.914. The number of rotatable bonds is 2. The first-order chi connectivity index (χ1) is 8.06. The second-order valence-corrected chi connectivity index (χ2v) is 5.32. The number of nitrogens with one attached hydrogen (secondary N) is 1. The molecule has 0 spiro atoms. The van der Waals surface area contributed by atoms with E-state index >= 15 is 0 Å². The van der Waals surface area contributed by atoms with Crippen molar-refractivity contribution in [1.29, 1.82) is 0 Å². The smallest absolute Gasteiger partial charge is 0.113 e. The van der Waals surface area contributed by atoms with Crippen LogP contribution in [-0.2, 0) is 5.41 Å². The van der Waals surface area contributed by atoms with E-state index in [1.807, 2.05) is 6.07 Å². The molecule has 0 amide bonds. The molecule has 1 unspecified atom stereocenters. The first kappa shape index (κ1) is 13.1. The highest BCUT2D eigenvalue weighted by atomic mass is 35.5. The van der Waals surface area contributed by atoms with Crippen LogP contribution in [0.5, 0.6) is 0 Å². The number of hydrogen-bond donors (Lipinski definition) is 3. The van der Waals surface area contributed by atoms with Gasteiger partial charge in [-0.25, -0.2) is 0 Å². The third-order valence-electron chi connectivity index (χ3n) is 3.48. The molecule has 94 valence electrons. The van der Waals surface area contributed by atoms with Crippen molar-refractivity contribution >= 4 is 23.2 Å². The van der Waals surface area contributed by atoms with E-state index in [1.54, 1.807) is 12.1 Å². The fraction of sp³-hybridized carbons (Fsp3) is 0.500. The number of nitrogens with two attached hydrogens (primary N) is 1. The van der Waals surface area contributed by atoms with Gasteiger partial charge in [-0.3, -0.25) is 0 Å². The summed E-state index contributed by atoms with van der Waals surface area (Å²) in [4.78, 5) is 0. The third kappa shape index (κ3) is 2.44. The average Bonchev–Trinajstić information content (AvgIpc) is 2.33. The largest absolute Gasteiger partial charge is 0.378 e. The first-order valence-electron chi connectivity index (χ1n) is 5.66. The molecule has 1 aliphatic rings. The summed E-state index contributed by atoms with van der Waals surface area (Å²) < 4.78 is 0. The Morgan fingerprint density at radius 2 is 2.12 bits per heavy atom. The quantitative estimate of drug-likeness (QED) is 0.722. The molecule has 3 nitrogen and oxygen atoms in total. The lowest BCUT2D eigenvalue weighted by Crippen LogP contribution is -2.54. The van der Waals surface area contributed by atoms with Gasteiger partial charge in [0.05, 0.1) is 10.0 Å². The Kier molecular flexibility index (Phi) is 3.95. The number of hydrogen-bond acceptors (Lipinski definition) is 3. The lowest BCUT2D eigenvalue weighted by molar-refractivity contribution is 0.0672. The minimum Gasteiger partial charge on any atom is -0.378 e. The second-order valence-electron chi connectivity index (χ2n) is 4.51. The highest BCUT2D eigenvalue weighted by Gasteiger charge is 2.39. The molecule has 5 heteroatoms. The Morgan fingerprint density at radius 1 is 1.35 bits per heavy atom. The fourth-order valence-electron chi connectivity index (χ4n) is 2.40. The minimum absolute atomic E-state index is 0.466. The molecule has 0 saturated carbocycles. The van der Waals surface area contributed by atoms with E-state index in [-0.39, 0.29) is 0 Å². The molecular weight excluding hydrogens is 259 g/mol. The van der Waals surface area contributed by atoms with Crippen molar-refractivity contribution in [3.63, 3.8) is 0 Å². The summed E-state index contributed by atoms with van der Waals surface area (Å²) in [6, 6.07) is 5.43. The molecule has 17 heavy (non-hydrogen) atoms. The first-order valence-corrected chi connectivity index (χ1v) is 6.42. The van der Waals surface area contributed by atoms with Crippen LogP contribution in [0.1, 0.15) is 18.4 Å². The van der Waals surface area contributed by atoms with Crippen LogP contribution in [0.15, 0.2) is 18.2 Å². The molecule has 0 radical (unpaired) electrons. The van der Waals surface area contributed by atoms with Gasteiger partial charge in [0.2, 0.25) is 0 Å². The fourth-order valence-corrected chi connectivity index (χ4v) is 2.70. The highest BCUT2D eigenvalue weighted by Crippen LogP contribution is 2.36. The van der Waals surface area contributed by atoms with Crippen LogP contribution >= 0.6 is 23.2 Å². The molecular formula is C12H16Cl2N2O. The van der Waals surface area contributed by atoms with Crippen LogP contribution < -0.4 is 11.1 Å². The molecule has 1 saturated heterocycles. The van der Waals surface area contributed by atoms with Gasteiger partial charge < -0.3 is 16.2 Å². The van der Waals surface area contributed by atoms with E-state index in [4.69, 9.17) is 28.9 Å². The zero-order valence-corrected chi connectivity index (χ0v) is 10.9. The van der Waals surface area contributed by atoms with Crippen LogP contribution in [0.3, 0.4) is 0 Å². The van der Waals surface area contributed by atoms with E-state index in [9.17, 15) is 5.11 Å². The standard InChI is InChI=1S/C12H16Cl2N2O/c13-9-3-2-8(6-10(9)14)12(11(15)17)4-1-5-16-7-12/h2-3,6,11,16-17H,1,4-5,7,15H2/t11?,12-/m1/s1. The van der Waals surface area contributed by atoms with Crippen LogP contribution in [0.2, 0.25) is 10.0 Å². The maximum Gasteiger partial charge on any atom is 0.113 e. The van der Waals surface area contributed by atoms with Crippen molar-refractivity contribution in [3.05, 3.63) is 33.8 Å². The van der Waals surface area contributed by atoms with E-state index in [0.717, 1.165) is 24.9 Å². The average molecular weight is 275 g/mol. The van der Waals surface area contributed by atoms with E-state index in [1.165, 1.54) is 0 Å². The molecule has 1 aliphatic heterocycles. The van der Waals surface area contributed by atoms with Crippen molar-refractivity contribution < 1.29 is 5.11 Å². The Balaban J connectivity index is 2.41.